The third-order valence-corrected chi connectivity index (χ3v) is 7.40. The Kier molecular flexibility index (Phi) is 8.03. The van der Waals surface area contributed by atoms with E-state index in [9.17, 15) is 18.3 Å². The van der Waals surface area contributed by atoms with Crippen molar-refractivity contribution >= 4 is 15.9 Å². The van der Waals surface area contributed by atoms with Gasteiger partial charge in [0.25, 0.3) is 0 Å². The zero-order chi connectivity index (χ0) is 23.0. The molecule has 0 unspecified atom stereocenters. The van der Waals surface area contributed by atoms with Crippen molar-refractivity contribution in [2.45, 2.75) is 36.1 Å². The lowest BCUT2D eigenvalue weighted by atomic mass is 10.0. The predicted octanol–water partition coefficient (Wildman–Crippen LogP) is 3.67. The highest BCUT2D eigenvalue weighted by atomic mass is 32.2. The second-order valence-electron chi connectivity index (χ2n) is 7.58. The number of amides is 1. The molecule has 7 heteroatoms. The van der Waals surface area contributed by atoms with Gasteiger partial charge in [-0.05, 0) is 36.6 Å². The van der Waals surface area contributed by atoms with E-state index in [0.29, 0.717) is 0 Å². The maximum absolute atomic E-state index is 13.3. The van der Waals surface area contributed by atoms with Crippen molar-refractivity contribution in [3.05, 3.63) is 102 Å². The van der Waals surface area contributed by atoms with E-state index in [1.165, 1.54) is 12.1 Å². The van der Waals surface area contributed by atoms with Crippen molar-refractivity contribution in [1.82, 2.24) is 5.32 Å². The number of hydrogen-bond acceptors (Lipinski definition) is 5. The maximum Gasteiger partial charge on any atom is 0.407 e. The van der Waals surface area contributed by atoms with Crippen LogP contribution in [0, 0.1) is 6.92 Å². The van der Waals surface area contributed by atoms with Gasteiger partial charge in [-0.2, -0.15) is 0 Å². The molecule has 0 aliphatic carbocycles. The predicted molar refractivity (Wildman–Crippen MR) is 123 cm³/mol. The molecule has 168 valence electrons. The number of ether oxygens (including phenoxy) is 1. The summed E-state index contributed by atoms with van der Waals surface area (Å²) in [6.07, 6.45) is -0.523. The van der Waals surface area contributed by atoms with E-state index in [4.69, 9.17) is 4.74 Å². The number of alkyl carbamates (subject to hydrolysis) is 1. The van der Waals surface area contributed by atoms with Gasteiger partial charge < -0.3 is 15.2 Å². The number of hydrogen-bond donors (Lipinski definition) is 2. The molecule has 1 amide bonds. The summed E-state index contributed by atoms with van der Waals surface area (Å²) < 4.78 is 31.9. The number of rotatable bonds is 9. The number of carbonyl (C=O) groups excluding carboxylic acids is 1. The van der Waals surface area contributed by atoms with Crippen LogP contribution in [0.2, 0.25) is 0 Å². The summed E-state index contributed by atoms with van der Waals surface area (Å²) in [6.45, 7) is 1.27. The van der Waals surface area contributed by atoms with Crippen LogP contribution in [-0.2, 0) is 27.6 Å². The van der Waals surface area contributed by atoms with Crippen molar-refractivity contribution in [2.24, 2.45) is 0 Å². The number of benzene rings is 3. The van der Waals surface area contributed by atoms with Crippen LogP contribution in [0.1, 0.15) is 16.7 Å². The Bertz CT molecular complexity index is 1100. The smallest absolute Gasteiger partial charge is 0.407 e. The Morgan fingerprint density at radius 3 is 2.03 bits per heavy atom. The summed E-state index contributed by atoms with van der Waals surface area (Å²) in [6, 6.07) is 23.9. The van der Waals surface area contributed by atoms with Crippen molar-refractivity contribution < 1.29 is 23.1 Å². The third-order valence-electron chi connectivity index (χ3n) is 5.19. The number of carbonyl (C=O) groups is 1. The van der Waals surface area contributed by atoms with Gasteiger partial charge in [-0.25, -0.2) is 13.2 Å². The minimum Gasteiger partial charge on any atom is -0.445 e. The van der Waals surface area contributed by atoms with Crippen LogP contribution in [0.15, 0.2) is 89.8 Å². The van der Waals surface area contributed by atoms with Gasteiger partial charge in [0.2, 0.25) is 0 Å². The molecule has 3 rings (SSSR count). The quantitative estimate of drug-likeness (QED) is 0.516. The Morgan fingerprint density at radius 1 is 0.906 bits per heavy atom. The topological polar surface area (TPSA) is 92.7 Å². The SMILES string of the molecule is Cc1ccc(S(=O)(=O)[C@@H](CO)[C@H](Cc2ccccc2)NC(=O)OCc2ccccc2)cc1. The molecule has 0 fully saturated rings. The molecule has 6 nitrogen and oxygen atoms in total. The Hall–Kier alpha value is -3.16. The molecule has 3 aromatic rings. The molecule has 0 aromatic heterocycles. The third kappa shape index (κ3) is 6.18. The molecule has 2 N–H and O–H groups in total. The van der Waals surface area contributed by atoms with Crippen LogP contribution in [0.5, 0.6) is 0 Å². The monoisotopic (exact) mass is 453 g/mol. The van der Waals surface area contributed by atoms with Gasteiger partial charge in [0.05, 0.1) is 17.5 Å². The number of nitrogens with one attached hydrogen (secondary N) is 1. The van der Waals surface area contributed by atoms with Crippen molar-refractivity contribution in [3.63, 3.8) is 0 Å². The Labute approximate surface area is 188 Å². The number of sulfone groups is 1. The number of aliphatic hydroxyl groups excluding tert-OH is 1. The van der Waals surface area contributed by atoms with E-state index in [-0.39, 0.29) is 17.9 Å². The number of aliphatic hydroxyl groups is 1. The highest BCUT2D eigenvalue weighted by molar-refractivity contribution is 7.92. The van der Waals surface area contributed by atoms with Crippen molar-refractivity contribution in [3.8, 4) is 0 Å². The van der Waals surface area contributed by atoms with E-state index < -0.39 is 33.8 Å². The first-order valence-electron chi connectivity index (χ1n) is 10.3. The first-order chi connectivity index (χ1) is 15.4. The van der Waals surface area contributed by atoms with Crippen molar-refractivity contribution in [1.29, 1.82) is 0 Å². The maximum atomic E-state index is 13.3. The minimum atomic E-state index is -3.92. The number of aryl methyl sites for hydroxylation is 1. The Balaban J connectivity index is 1.83. The summed E-state index contributed by atoms with van der Waals surface area (Å²) in [5, 5.41) is 11.5. The standard InChI is InChI=1S/C25H27NO5S/c1-19-12-14-22(15-13-19)32(29,30)24(17-27)23(16-20-8-4-2-5-9-20)26-25(28)31-18-21-10-6-3-7-11-21/h2-15,23-24,27H,16-18H2,1H3,(H,26,28)/t23-,24-/m0/s1. The minimum absolute atomic E-state index is 0.0548. The van der Waals surface area contributed by atoms with E-state index in [1.807, 2.05) is 67.6 Å². The summed E-state index contributed by atoms with van der Waals surface area (Å²) in [4.78, 5) is 12.6. The first kappa shape index (κ1) is 23.5. The molecular formula is C25H27NO5S. The average molecular weight is 454 g/mol. The van der Waals surface area contributed by atoms with Crippen LogP contribution in [0.3, 0.4) is 0 Å². The highest BCUT2D eigenvalue weighted by Crippen LogP contribution is 2.21. The van der Waals surface area contributed by atoms with Crippen LogP contribution in [0.25, 0.3) is 0 Å². The lowest BCUT2D eigenvalue weighted by Gasteiger charge is -2.26. The average Bonchev–Trinajstić information content (AvgIpc) is 2.79. The molecule has 0 aliphatic heterocycles. The molecule has 32 heavy (non-hydrogen) atoms. The van der Waals surface area contributed by atoms with Gasteiger partial charge in [-0.3, -0.25) is 0 Å². The fraction of sp³-hybridized carbons (Fsp3) is 0.240. The van der Waals surface area contributed by atoms with E-state index >= 15 is 0 Å². The van der Waals surface area contributed by atoms with Gasteiger partial charge in [-0.1, -0.05) is 78.4 Å². The summed E-state index contributed by atoms with van der Waals surface area (Å²) >= 11 is 0. The van der Waals surface area contributed by atoms with E-state index in [1.54, 1.807) is 12.1 Å². The van der Waals surface area contributed by atoms with Crippen LogP contribution < -0.4 is 5.32 Å². The fourth-order valence-corrected chi connectivity index (χ4v) is 5.06. The van der Waals surface area contributed by atoms with Gasteiger partial charge in [-0.15, -0.1) is 0 Å². The van der Waals surface area contributed by atoms with Gasteiger partial charge in [0, 0.05) is 0 Å². The molecule has 0 radical (unpaired) electrons. The zero-order valence-corrected chi connectivity index (χ0v) is 18.7. The highest BCUT2D eigenvalue weighted by Gasteiger charge is 2.35. The molecule has 2 atom stereocenters. The molecule has 0 aliphatic rings. The second kappa shape index (κ2) is 10.9. The first-order valence-corrected chi connectivity index (χ1v) is 11.9. The van der Waals surface area contributed by atoms with Crippen LogP contribution >= 0.6 is 0 Å². The van der Waals surface area contributed by atoms with Gasteiger partial charge in [0.15, 0.2) is 9.84 Å². The largest absolute Gasteiger partial charge is 0.445 e. The molecule has 0 saturated carbocycles. The summed E-state index contributed by atoms with van der Waals surface area (Å²) in [7, 11) is -3.92. The molecular weight excluding hydrogens is 426 g/mol. The Morgan fingerprint density at radius 2 is 1.47 bits per heavy atom. The second-order valence-corrected chi connectivity index (χ2v) is 9.75. The summed E-state index contributed by atoms with van der Waals surface area (Å²) in [5.41, 5.74) is 2.57. The van der Waals surface area contributed by atoms with E-state index in [2.05, 4.69) is 5.32 Å². The molecule has 0 saturated heterocycles. The fourth-order valence-electron chi connectivity index (χ4n) is 3.40. The summed E-state index contributed by atoms with van der Waals surface area (Å²) in [5.74, 6) is 0. The van der Waals surface area contributed by atoms with Crippen LogP contribution in [0.4, 0.5) is 4.79 Å². The van der Waals surface area contributed by atoms with Gasteiger partial charge in [0.1, 0.15) is 11.9 Å². The molecule has 0 heterocycles. The molecule has 3 aromatic carbocycles. The molecule has 0 bridgehead atoms. The normalized spacial score (nSPS) is 13.2. The molecule has 0 spiro atoms. The van der Waals surface area contributed by atoms with Crippen LogP contribution in [-0.4, -0.2) is 37.5 Å². The zero-order valence-electron chi connectivity index (χ0n) is 17.8. The van der Waals surface area contributed by atoms with E-state index in [0.717, 1.165) is 16.7 Å². The lowest BCUT2D eigenvalue weighted by molar-refractivity contribution is 0.133. The van der Waals surface area contributed by atoms with Gasteiger partial charge >= 0.3 is 6.09 Å². The lowest BCUT2D eigenvalue weighted by Crippen LogP contribution is -2.50. The van der Waals surface area contributed by atoms with Crippen molar-refractivity contribution in [2.75, 3.05) is 6.61 Å².